The number of thiazole rings is 1. The normalized spacial score (nSPS) is 21.1. The molecular formula is C21H22FN3OS. The van der Waals surface area contributed by atoms with E-state index in [0.717, 1.165) is 36.6 Å². The maximum atomic E-state index is 13.7. The molecule has 1 atom stereocenters. The lowest BCUT2D eigenvalue weighted by molar-refractivity contribution is -0.121. The molecule has 2 aromatic heterocycles. The zero-order valence-electron chi connectivity index (χ0n) is 15.2. The molecule has 4 nitrogen and oxygen atoms in total. The molecule has 0 saturated heterocycles. The van der Waals surface area contributed by atoms with Crippen LogP contribution >= 0.6 is 11.3 Å². The van der Waals surface area contributed by atoms with Gasteiger partial charge in [-0.25, -0.2) is 9.37 Å². The fourth-order valence-corrected chi connectivity index (χ4v) is 4.68. The van der Waals surface area contributed by atoms with Gasteiger partial charge in [-0.05, 0) is 67.3 Å². The van der Waals surface area contributed by atoms with Gasteiger partial charge in [-0.2, -0.15) is 0 Å². The van der Waals surface area contributed by atoms with E-state index in [-0.39, 0.29) is 17.6 Å². The summed E-state index contributed by atoms with van der Waals surface area (Å²) in [6, 6.07) is 6.81. The number of carbonyl (C=O) groups excluding carboxylic acids is 1. The third-order valence-corrected chi connectivity index (χ3v) is 6.42. The lowest BCUT2D eigenvalue weighted by atomic mass is 9.73. The fraction of sp³-hybridized carbons (Fsp3) is 0.381. The van der Waals surface area contributed by atoms with E-state index in [2.05, 4.69) is 15.3 Å². The van der Waals surface area contributed by atoms with Crippen molar-refractivity contribution in [3.8, 4) is 0 Å². The van der Waals surface area contributed by atoms with Gasteiger partial charge in [0.1, 0.15) is 5.82 Å². The Bertz CT molecular complexity index is 936. The number of pyridine rings is 1. The van der Waals surface area contributed by atoms with Crippen molar-refractivity contribution in [3.63, 3.8) is 0 Å². The molecule has 1 fully saturated rings. The number of fused-ring (bicyclic) bond motifs is 1. The lowest BCUT2D eigenvalue weighted by Gasteiger charge is -2.32. The van der Waals surface area contributed by atoms with Crippen LogP contribution in [0.5, 0.6) is 0 Å². The van der Waals surface area contributed by atoms with Crippen molar-refractivity contribution >= 4 is 33.3 Å². The molecular weight excluding hydrogens is 361 g/mol. The van der Waals surface area contributed by atoms with Crippen LogP contribution in [0.2, 0.25) is 0 Å². The SMILES string of the molecule is C[C@@H](C(=O)Nc1nccs1)[C@H]1CC[C@@H](c2ccnc3ccc(F)cc32)CC1. The second-order valence-corrected chi connectivity index (χ2v) is 8.18. The van der Waals surface area contributed by atoms with E-state index in [1.807, 2.05) is 24.6 Å². The minimum Gasteiger partial charge on any atom is -0.302 e. The monoisotopic (exact) mass is 383 g/mol. The third-order valence-electron chi connectivity index (χ3n) is 5.73. The predicted molar refractivity (Wildman–Crippen MR) is 106 cm³/mol. The maximum absolute atomic E-state index is 13.7. The Morgan fingerprint density at radius 1 is 1.19 bits per heavy atom. The molecule has 0 unspecified atom stereocenters. The Kier molecular flexibility index (Phi) is 5.16. The van der Waals surface area contributed by atoms with Gasteiger partial charge in [0, 0.05) is 29.1 Å². The summed E-state index contributed by atoms with van der Waals surface area (Å²) in [4.78, 5) is 21.0. The highest BCUT2D eigenvalue weighted by Gasteiger charge is 2.30. The van der Waals surface area contributed by atoms with Crippen LogP contribution in [0, 0.1) is 17.7 Å². The van der Waals surface area contributed by atoms with E-state index in [9.17, 15) is 9.18 Å². The van der Waals surface area contributed by atoms with Gasteiger partial charge in [0.05, 0.1) is 5.52 Å². The topological polar surface area (TPSA) is 54.9 Å². The molecule has 0 spiro atoms. The highest BCUT2D eigenvalue weighted by molar-refractivity contribution is 7.13. The molecule has 0 aliphatic heterocycles. The first-order valence-electron chi connectivity index (χ1n) is 9.36. The van der Waals surface area contributed by atoms with Crippen LogP contribution < -0.4 is 5.32 Å². The minimum atomic E-state index is -0.224. The predicted octanol–water partition coefficient (Wildman–Crippen LogP) is 5.38. The van der Waals surface area contributed by atoms with E-state index >= 15 is 0 Å². The Morgan fingerprint density at radius 3 is 2.74 bits per heavy atom. The number of benzene rings is 1. The van der Waals surface area contributed by atoms with E-state index in [1.165, 1.54) is 23.0 Å². The first-order valence-corrected chi connectivity index (χ1v) is 10.2. The summed E-state index contributed by atoms with van der Waals surface area (Å²) in [6.07, 6.45) is 7.51. The Hall–Kier alpha value is -2.34. The van der Waals surface area contributed by atoms with Gasteiger partial charge in [0.15, 0.2) is 5.13 Å². The summed E-state index contributed by atoms with van der Waals surface area (Å²) < 4.78 is 13.7. The number of carbonyl (C=O) groups is 1. The molecule has 27 heavy (non-hydrogen) atoms. The zero-order chi connectivity index (χ0) is 18.8. The molecule has 6 heteroatoms. The summed E-state index contributed by atoms with van der Waals surface area (Å²) in [5.74, 6) is 0.540. The lowest BCUT2D eigenvalue weighted by Crippen LogP contribution is -2.29. The van der Waals surface area contributed by atoms with Gasteiger partial charge < -0.3 is 5.32 Å². The molecule has 1 saturated carbocycles. The van der Waals surface area contributed by atoms with Crippen molar-refractivity contribution < 1.29 is 9.18 Å². The van der Waals surface area contributed by atoms with Crippen LogP contribution in [0.3, 0.4) is 0 Å². The van der Waals surface area contributed by atoms with Crippen molar-refractivity contribution in [2.75, 3.05) is 5.32 Å². The zero-order valence-corrected chi connectivity index (χ0v) is 16.0. The molecule has 1 N–H and O–H groups in total. The van der Waals surface area contributed by atoms with Crippen LogP contribution in [0.15, 0.2) is 42.0 Å². The first kappa shape index (κ1) is 18.0. The van der Waals surface area contributed by atoms with E-state index < -0.39 is 0 Å². The summed E-state index contributed by atoms with van der Waals surface area (Å²) in [5, 5.41) is 6.34. The number of halogens is 1. The number of hydrogen-bond donors (Lipinski definition) is 1. The molecule has 0 radical (unpaired) electrons. The summed E-state index contributed by atoms with van der Waals surface area (Å²) in [5.41, 5.74) is 2.02. The van der Waals surface area contributed by atoms with Crippen molar-refractivity contribution in [2.24, 2.45) is 11.8 Å². The Morgan fingerprint density at radius 2 is 2.00 bits per heavy atom. The van der Waals surface area contributed by atoms with Gasteiger partial charge in [-0.1, -0.05) is 6.92 Å². The highest BCUT2D eigenvalue weighted by Crippen LogP contribution is 2.41. The minimum absolute atomic E-state index is 0.0403. The largest absolute Gasteiger partial charge is 0.302 e. The molecule has 1 aliphatic rings. The Labute approximate surface area is 161 Å². The Balaban J connectivity index is 1.43. The van der Waals surface area contributed by atoms with Crippen LogP contribution in [-0.2, 0) is 4.79 Å². The van der Waals surface area contributed by atoms with Crippen molar-refractivity contribution in [3.05, 3.63) is 53.4 Å². The highest BCUT2D eigenvalue weighted by atomic mass is 32.1. The molecule has 4 rings (SSSR count). The van der Waals surface area contributed by atoms with E-state index in [0.29, 0.717) is 17.0 Å². The quantitative estimate of drug-likeness (QED) is 0.658. The second-order valence-electron chi connectivity index (χ2n) is 7.29. The van der Waals surface area contributed by atoms with Crippen molar-refractivity contribution in [1.29, 1.82) is 0 Å². The summed E-state index contributed by atoms with van der Waals surface area (Å²) in [6.45, 7) is 2.01. The molecule has 1 aliphatic carbocycles. The number of nitrogens with zero attached hydrogens (tertiary/aromatic N) is 2. The molecule has 3 aromatic rings. The van der Waals surface area contributed by atoms with Crippen molar-refractivity contribution in [1.82, 2.24) is 9.97 Å². The van der Waals surface area contributed by atoms with Crippen LogP contribution in [0.4, 0.5) is 9.52 Å². The average molecular weight is 383 g/mol. The van der Waals surface area contributed by atoms with Gasteiger partial charge in [-0.15, -0.1) is 11.3 Å². The van der Waals surface area contributed by atoms with Crippen LogP contribution in [0.1, 0.15) is 44.1 Å². The number of anilines is 1. The number of amides is 1. The van der Waals surface area contributed by atoms with E-state index in [1.54, 1.807) is 18.3 Å². The average Bonchev–Trinajstić information content (AvgIpc) is 3.20. The molecule has 140 valence electrons. The maximum Gasteiger partial charge on any atom is 0.229 e. The van der Waals surface area contributed by atoms with Crippen molar-refractivity contribution in [2.45, 2.75) is 38.5 Å². The smallest absolute Gasteiger partial charge is 0.229 e. The standard InChI is InChI=1S/C21H22FN3OS/c1-13(20(26)25-21-24-10-11-27-21)14-2-4-15(5-3-14)17-8-9-23-19-7-6-16(22)12-18(17)19/h6-15H,2-5H2,1H3,(H,24,25,26)/t13-,14-,15+/m1/s1. The fourth-order valence-electron chi connectivity index (χ4n) is 4.14. The third kappa shape index (κ3) is 3.86. The van der Waals surface area contributed by atoms with Gasteiger partial charge in [0.2, 0.25) is 5.91 Å². The number of hydrogen-bond acceptors (Lipinski definition) is 4. The first-order chi connectivity index (χ1) is 13.1. The molecule has 1 amide bonds. The molecule has 1 aromatic carbocycles. The molecule has 0 bridgehead atoms. The number of rotatable bonds is 4. The van der Waals surface area contributed by atoms with E-state index in [4.69, 9.17) is 0 Å². The number of aromatic nitrogens is 2. The number of nitrogens with one attached hydrogen (secondary N) is 1. The van der Waals surface area contributed by atoms with Gasteiger partial charge in [0.25, 0.3) is 0 Å². The summed E-state index contributed by atoms with van der Waals surface area (Å²) in [7, 11) is 0. The summed E-state index contributed by atoms with van der Waals surface area (Å²) >= 11 is 1.44. The van der Waals surface area contributed by atoms with Crippen LogP contribution in [0.25, 0.3) is 10.9 Å². The molecule has 2 heterocycles. The van der Waals surface area contributed by atoms with Crippen LogP contribution in [-0.4, -0.2) is 15.9 Å². The van der Waals surface area contributed by atoms with Gasteiger partial charge in [-0.3, -0.25) is 9.78 Å². The van der Waals surface area contributed by atoms with Gasteiger partial charge >= 0.3 is 0 Å². The second kappa shape index (κ2) is 7.72.